The lowest BCUT2D eigenvalue weighted by atomic mass is 9.72. The van der Waals surface area contributed by atoms with E-state index in [0.29, 0.717) is 11.1 Å². The molecule has 21 heavy (non-hydrogen) atoms. The van der Waals surface area contributed by atoms with Crippen molar-refractivity contribution < 1.29 is 4.79 Å². The van der Waals surface area contributed by atoms with Crippen LogP contribution in [0.25, 0.3) is 5.69 Å². The minimum atomic E-state index is -0.287. The number of hydrogen-bond donors (Lipinski definition) is 0. The molecule has 0 saturated heterocycles. The standard InChI is InChI=1S/C17H17ClN2O/c1-11-15-14(9-17(2,3)13(10-18)16(15)21)20(19-11)12-7-5-4-6-8-12/h4-8,10H,9H2,1-3H3/b13-10-. The van der Waals surface area contributed by atoms with Gasteiger partial charge in [0.15, 0.2) is 5.78 Å². The molecule has 108 valence electrons. The highest BCUT2D eigenvalue weighted by atomic mass is 35.5. The smallest absolute Gasteiger partial charge is 0.194 e. The van der Waals surface area contributed by atoms with E-state index < -0.39 is 0 Å². The van der Waals surface area contributed by atoms with Gasteiger partial charge in [-0.2, -0.15) is 5.10 Å². The largest absolute Gasteiger partial charge is 0.289 e. The summed E-state index contributed by atoms with van der Waals surface area (Å²) in [6, 6.07) is 9.90. The van der Waals surface area contributed by atoms with E-state index in [1.807, 2.05) is 55.8 Å². The summed E-state index contributed by atoms with van der Waals surface area (Å²) >= 11 is 5.89. The molecule has 4 heteroatoms. The normalized spacial score (nSPS) is 18.9. The number of aromatic nitrogens is 2. The highest BCUT2D eigenvalue weighted by molar-refractivity contribution is 6.29. The molecular formula is C17H17ClN2O. The van der Waals surface area contributed by atoms with Crippen molar-refractivity contribution in [2.75, 3.05) is 0 Å². The zero-order chi connectivity index (χ0) is 15.2. The molecule has 0 amide bonds. The minimum absolute atomic E-state index is 0.00377. The van der Waals surface area contributed by atoms with E-state index in [2.05, 4.69) is 5.10 Å². The second kappa shape index (κ2) is 4.85. The molecule has 3 rings (SSSR count). The monoisotopic (exact) mass is 300 g/mol. The highest BCUT2D eigenvalue weighted by Crippen LogP contribution is 2.41. The number of carbonyl (C=O) groups is 1. The van der Waals surface area contributed by atoms with Crippen molar-refractivity contribution in [1.82, 2.24) is 9.78 Å². The number of fused-ring (bicyclic) bond motifs is 1. The maximum absolute atomic E-state index is 12.7. The topological polar surface area (TPSA) is 34.9 Å². The predicted octanol–water partition coefficient (Wildman–Crippen LogP) is 4.07. The van der Waals surface area contributed by atoms with Crippen molar-refractivity contribution in [2.45, 2.75) is 27.2 Å². The molecule has 0 saturated carbocycles. The summed E-state index contributed by atoms with van der Waals surface area (Å²) < 4.78 is 1.88. The Bertz CT molecular complexity index is 742. The van der Waals surface area contributed by atoms with Gasteiger partial charge >= 0.3 is 0 Å². The van der Waals surface area contributed by atoms with Crippen LogP contribution in [0, 0.1) is 12.3 Å². The fourth-order valence-corrected chi connectivity index (χ4v) is 3.36. The van der Waals surface area contributed by atoms with Crippen molar-refractivity contribution in [3.8, 4) is 5.69 Å². The first kappa shape index (κ1) is 14.1. The van der Waals surface area contributed by atoms with Crippen LogP contribution in [0.15, 0.2) is 41.4 Å². The summed E-state index contributed by atoms with van der Waals surface area (Å²) in [4.78, 5) is 12.7. The number of Topliss-reactive ketones (excluding diaryl/α,β-unsaturated/α-hetero) is 1. The maximum atomic E-state index is 12.7. The summed E-state index contributed by atoms with van der Waals surface area (Å²) in [5.74, 6) is -0.00377. The second-order valence-electron chi connectivity index (χ2n) is 6.07. The molecule has 0 bridgehead atoms. The number of hydrogen-bond acceptors (Lipinski definition) is 2. The van der Waals surface area contributed by atoms with Crippen LogP contribution in [0.5, 0.6) is 0 Å². The van der Waals surface area contributed by atoms with Gasteiger partial charge in [0, 0.05) is 11.1 Å². The molecule has 1 aromatic heterocycles. The van der Waals surface area contributed by atoms with Gasteiger partial charge < -0.3 is 0 Å². The Labute approximate surface area is 129 Å². The van der Waals surface area contributed by atoms with Gasteiger partial charge in [-0.25, -0.2) is 4.68 Å². The summed E-state index contributed by atoms with van der Waals surface area (Å²) in [6.45, 7) is 5.96. The fraction of sp³-hybridized carbons (Fsp3) is 0.294. The molecule has 0 unspecified atom stereocenters. The van der Waals surface area contributed by atoms with Gasteiger partial charge in [-0.3, -0.25) is 4.79 Å². The number of para-hydroxylation sites is 1. The Morgan fingerprint density at radius 1 is 1.29 bits per heavy atom. The van der Waals surface area contributed by atoms with Gasteiger partial charge in [0.1, 0.15) is 0 Å². The van der Waals surface area contributed by atoms with Crippen LogP contribution in [-0.4, -0.2) is 15.6 Å². The van der Waals surface area contributed by atoms with E-state index in [-0.39, 0.29) is 11.2 Å². The Hall–Kier alpha value is -1.87. The number of allylic oxidation sites excluding steroid dienone is 1. The lowest BCUT2D eigenvalue weighted by molar-refractivity contribution is 0.0994. The van der Waals surface area contributed by atoms with Crippen LogP contribution in [-0.2, 0) is 6.42 Å². The van der Waals surface area contributed by atoms with Crippen LogP contribution in [0.2, 0.25) is 0 Å². The third-order valence-corrected chi connectivity index (χ3v) is 4.29. The predicted molar refractivity (Wildman–Crippen MR) is 84.1 cm³/mol. The zero-order valence-electron chi connectivity index (χ0n) is 12.4. The Kier molecular flexibility index (Phi) is 3.25. The molecule has 0 radical (unpaired) electrons. The summed E-state index contributed by atoms with van der Waals surface area (Å²) in [5.41, 5.74) is 5.19. The van der Waals surface area contributed by atoms with Gasteiger partial charge in [0.25, 0.3) is 0 Å². The Balaban J connectivity index is 2.24. The first-order chi connectivity index (χ1) is 9.95. The average Bonchev–Trinajstić information content (AvgIpc) is 2.76. The number of carbonyl (C=O) groups excluding carboxylic acids is 1. The van der Waals surface area contributed by atoms with Gasteiger partial charge in [0.2, 0.25) is 0 Å². The van der Waals surface area contributed by atoms with Gasteiger partial charge in [-0.15, -0.1) is 0 Å². The first-order valence-corrected chi connectivity index (χ1v) is 7.39. The van der Waals surface area contributed by atoms with E-state index in [1.165, 1.54) is 5.54 Å². The lowest BCUT2D eigenvalue weighted by Gasteiger charge is -2.31. The SMILES string of the molecule is Cc1nn(-c2ccccc2)c2c1C(=O)/C(=C/Cl)C(C)(C)C2. The number of nitrogens with zero attached hydrogens (tertiary/aromatic N) is 2. The average molecular weight is 301 g/mol. The molecule has 1 heterocycles. The highest BCUT2D eigenvalue weighted by Gasteiger charge is 2.39. The molecule has 2 aromatic rings. The maximum Gasteiger partial charge on any atom is 0.194 e. The molecule has 0 atom stereocenters. The van der Waals surface area contributed by atoms with Crippen molar-refractivity contribution in [3.63, 3.8) is 0 Å². The van der Waals surface area contributed by atoms with Gasteiger partial charge in [-0.05, 0) is 30.9 Å². The molecular weight excluding hydrogens is 284 g/mol. The molecule has 0 aliphatic heterocycles. The number of aryl methyl sites for hydroxylation is 1. The molecule has 0 spiro atoms. The Morgan fingerprint density at radius 2 is 1.95 bits per heavy atom. The molecule has 0 fully saturated rings. The number of rotatable bonds is 1. The fourth-order valence-electron chi connectivity index (χ4n) is 2.97. The van der Waals surface area contributed by atoms with Crippen molar-refractivity contribution in [2.24, 2.45) is 5.41 Å². The summed E-state index contributed by atoms with van der Waals surface area (Å²) in [5, 5.41) is 4.57. The van der Waals surface area contributed by atoms with E-state index in [1.54, 1.807) is 0 Å². The van der Waals surface area contributed by atoms with Crippen LogP contribution in [0.3, 0.4) is 0 Å². The van der Waals surface area contributed by atoms with E-state index in [4.69, 9.17) is 11.6 Å². The minimum Gasteiger partial charge on any atom is -0.289 e. The second-order valence-corrected chi connectivity index (χ2v) is 6.29. The van der Waals surface area contributed by atoms with Gasteiger partial charge in [-0.1, -0.05) is 43.6 Å². The zero-order valence-corrected chi connectivity index (χ0v) is 13.1. The number of ketones is 1. The van der Waals surface area contributed by atoms with E-state index in [0.717, 1.165) is 23.5 Å². The van der Waals surface area contributed by atoms with Crippen LogP contribution < -0.4 is 0 Å². The van der Waals surface area contributed by atoms with E-state index >= 15 is 0 Å². The summed E-state index contributed by atoms with van der Waals surface area (Å²) in [6.07, 6.45) is 0.738. The summed E-state index contributed by atoms with van der Waals surface area (Å²) in [7, 11) is 0. The van der Waals surface area contributed by atoms with Crippen LogP contribution >= 0.6 is 11.6 Å². The van der Waals surface area contributed by atoms with Crippen molar-refractivity contribution >= 4 is 17.4 Å². The van der Waals surface area contributed by atoms with E-state index in [9.17, 15) is 4.79 Å². The molecule has 0 N–H and O–H groups in total. The number of benzene rings is 1. The van der Waals surface area contributed by atoms with Crippen molar-refractivity contribution in [3.05, 3.63) is 58.4 Å². The van der Waals surface area contributed by atoms with Crippen molar-refractivity contribution in [1.29, 1.82) is 0 Å². The molecule has 1 aliphatic rings. The lowest BCUT2D eigenvalue weighted by Crippen LogP contribution is -2.31. The number of halogens is 1. The van der Waals surface area contributed by atoms with Crippen LogP contribution in [0.4, 0.5) is 0 Å². The van der Waals surface area contributed by atoms with Crippen LogP contribution in [0.1, 0.15) is 35.6 Å². The molecule has 1 aromatic carbocycles. The third-order valence-electron chi connectivity index (χ3n) is 4.08. The van der Waals surface area contributed by atoms with Gasteiger partial charge in [0.05, 0.1) is 22.6 Å². The first-order valence-electron chi connectivity index (χ1n) is 6.95. The molecule has 3 nitrogen and oxygen atoms in total. The third kappa shape index (κ3) is 2.12. The quantitative estimate of drug-likeness (QED) is 0.744. The molecule has 1 aliphatic carbocycles. The Morgan fingerprint density at radius 3 is 2.57 bits per heavy atom.